The first-order chi connectivity index (χ1) is 8.77. The molecule has 1 saturated heterocycles. The minimum atomic E-state index is 0.746. The molecule has 3 rings (SSSR count). The van der Waals surface area contributed by atoms with Gasteiger partial charge in [-0.1, -0.05) is 25.0 Å². The third kappa shape index (κ3) is 1.98. The van der Waals surface area contributed by atoms with Crippen molar-refractivity contribution in [1.29, 1.82) is 0 Å². The van der Waals surface area contributed by atoms with E-state index < -0.39 is 0 Å². The minimum Gasteiger partial charge on any atom is -0.397 e. The van der Waals surface area contributed by atoms with E-state index in [1.54, 1.807) is 0 Å². The van der Waals surface area contributed by atoms with Gasteiger partial charge in [0.2, 0.25) is 0 Å². The van der Waals surface area contributed by atoms with Crippen molar-refractivity contribution in [1.82, 2.24) is 0 Å². The van der Waals surface area contributed by atoms with Gasteiger partial charge >= 0.3 is 0 Å². The zero-order valence-corrected chi connectivity index (χ0v) is 11.4. The highest BCUT2D eigenvalue weighted by Gasteiger charge is 2.34. The molecule has 2 aliphatic rings. The Bertz CT molecular complexity index is 401. The fourth-order valence-electron chi connectivity index (χ4n) is 3.98. The number of aryl methyl sites for hydroxylation is 1. The summed E-state index contributed by atoms with van der Waals surface area (Å²) in [4.78, 5) is 2.61. The van der Waals surface area contributed by atoms with Gasteiger partial charge < -0.3 is 10.6 Å². The van der Waals surface area contributed by atoms with Crippen LogP contribution in [0, 0.1) is 12.8 Å². The molecule has 1 saturated carbocycles. The van der Waals surface area contributed by atoms with Gasteiger partial charge in [-0.05, 0) is 50.2 Å². The fourth-order valence-corrected chi connectivity index (χ4v) is 3.98. The lowest BCUT2D eigenvalue weighted by Gasteiger charge is -2.33. The second-order valence-corrected chi connectivity index (χ2v) is 5.96. The maximum absolute atomic E-state index is 6.22. The summed E-state index contributed by atoms with van der Waals surface area (Å²) in [5, 5.41) is 0. The molecular weight excluding hydrogens is 220 g/mol. The van der Waals surface area contributed by atoms with Gasteiger partial charge in [-0.2, -0.15) is 0 Å². The maximum atomic E-state index is 6.22. The van der Waals surface area contributed by atoms with Crippen LogP contribution in [0.5, 0.6) is 0 Å². The predicted molar refractivity (Wildman–Crippen MR) is 77.9 cm³/mol. The first-order valence-electron chi connectivity index (χ1n) is 7.39. The number of benzene rings is 1. The topological polar surface area (TPSA) is 29.3 Å². The molecule has 1 aliphatic carbocycles. The van der Waals surface area contributed by atoms with Crippen LogP contribution in [-0.2, 0) is 0 Å². The van der Waals surface area contributed by atoms with Crippen molar-refractivity contribution in [3.8, 4) is 0 Å². The zero-order chi connectivity index (χ0) is 12.5. The van der Waals surface area contributed by atoms with E-state index in [4.69, 9.17) is 5.73 Å². The Morgan fingerprint density at radius 2 is 1.89 bits per heavy atom. The normalized spacial score (nSPS) is 24.9. The molecule has 1 heterocycles. The van der Waals surface area contributed by atoms with E-state index in [1.165, 1.54) is 56.3 Å². The van der Waals surface area contributed by atoms with E-state index in [2.05, 4.69) is 24.0 Å². The van der Waals surface area contributed by atoms with E-state index in [9.17, 15) is 0 Å². The molecule has 0 amide bonds. The Kier molecular flexibility index (Phi) is 3.19. The summed E-state index contributed by atoms with van der Waals surface area (Å²) in [6.07, 6.45) is 8.39. The molecule has 98 valence electrons. The summed E-state index contributed by atoms with van der Waals surface area (Å²) in [6.45, 7) is 3.38. The number of hydrogen-bond acceptors (Lipinski definition) is 2. The minimum absolute atomic E-state index is 0.746. The molecule has 0 radical (unpaired) electrons. The standard InChI is InChI=1S/C16H24N2/c1-12-6-4-9-14(17)16(12)18-11-5-10-15(18)13-7-2-3-8-13/h4,6,9,13,15H,2-3,5,7-8,10-11,17H2,1H3. The van der Waals surface area contributed by atoms with Crippen molar-refractivity contribution in [2.24, 2.45) is 5.92 Å². The van der Waals surface area contributed by atoms with Crippen LogP contribution in [0.1, 0.15) is 44.1 Å². The largest absolute Gasteiger partial charge is 0.397 e. The summed E-state index contributed by atoms with van der Waals surface area (Å²) in [7, 11) is 0. The Hall–Kier alpha value is -1.18. The summed E-state index contributed by atoms with van der Waals surface area (Å²) in [6, 6.07) is 7.05. The van der Waals surface area contributed by atoms with Gasteiger partial charge in [0.25, 0.3) is 0 Å². The number of nitrogens with zero attached hydrogens (tertiary/aromatic N) is 1. The first kappa shape index (κ1) is 11.9. The smallest absolute Gasteiger partial charge is 0.0632 e. The third-order valence-electron chi connectivity index (χ3n) is 4.80. The van der Waals surface area contributed by atoms with Crippen molar-refractivity contribution in [2.75, 3.05) is 17.2 Å². The van der Waals surface area contributed by atoms with Gasteiger partial charge in [-0.15, -0.1) is 0 Å². The monoisotopic (exact) mass is 244 g/mol. The van der Waals surface area contributed by atoms with E-state index >= 15 is 0 Å². The van der Waals surface area contributed by atoms with Crippen LogP contribution in [-0.4, -0.2) is 12.6 Å². The van der Waals surface area contributed by atoms with E-state index in [-0.39, 0.29) is 0 Å². The summed E-state index contributed by atoms with van der Waals surface area (Å²) in [5.74, 6) is 0.909. The molecule has 1 atom stereocenters. The van der Waals surface area contributed by atoms with Gasteiger partial charge in [0.15, 0.2) is 0 Å². The number of nitrogens with two attached hydrogens (primary N) is 1. The predicted octanol–water partition coefficient (Wildman–Crippen LogP) is 3.74. The number of hydrogen-bond donors (Lipinski definition) is 1. The van der Waals surface area contributed by atoms with Crippen molar-refractivity contribution in [2.45, 2.75) is 51.5 Å². The van der Waals surface area contributed by atoms with Crippen molar-refractivity contribution in [3.05, 3.63) is 23.8 Å². The number of para-hydroxylation sites is 1. The molecule has 0 spiro atoms. The number of nitrogen functional groups attached to an aromatic ring is 1. The third-order valence-corrected chi connectivity index (χ3v) is 4.80. The second kappa shape index (κ2) is 4.83. The quantitative estimate of drug-likeness (QED) is 0.803. The van der Waals surface area contributed by atoms with Crippen LogP contribution in [0.2, 0.25) is 0 Å². The number of anilines is 2. The van der Waals surface area contributed by atoms with Crippen molar-refractivity contribution >= 4 is 11.4 Å². The van der Waals surface area contributed by atoms with Crippen LogP contribution >= 0.6 is 0 Å². The molecule has 0 aromatic heterocycles. The van der Waals surface area contributed by atoms with E-state index in [0.29, 0.717) is 0 Å². The molecule has 1 unspecified atom stereocenters. The molecule has 2 heteroatoms. The summed E-state index contributed by atoms with van der Waals surface area (Å²) < 4.78 is 0. The Morgan fingerprint density at radius 1 is 1.11 bits per heavy atom. The Morgan fingerprint density at radius 3 is 2.61 bits per heavy atom. The highest BCUT2D eigenvalue weighted by atomic mass is 15.2. The van der Waals surface area contributed by atoms with Gasteiger partial charge in [0.05, 0.1) is 11.4 Å². The molecular formula is C16H24N2. The lowest BCUT2D eigenvalue weighted by atomic mass is 9.95. The van der Waals surface area contributed by atoms with Crippen molar-refractivity contribution in [3.63, 3.8) is 0 Å². The average Bonchev–Trinajstić information content (AvgIpc) is 2.98. The van der Waals surface area contributed by atoms with Gasteiger partial charge in [-0.3, -0.25) is 0 Å². The average molecular weight is 244 g/mol. The molecule has 1 aromatic rings. The number of rotatable bonds is 2. The maximum Gasteiger partial charge on any atom is 0.0632 e. The fraction of sp³-hybridized carbons (Fsp3) is 0.625. The Balaban J connectivity index is 1.90. The van der Waals surface area contributed by atoms with Crippen LogP contribution < -0.4 is 10.6 Å². The molecule has 0 bridgehead atoms. The lowest BCUT2D eigenvalue weighted by Crippen LogP contribution is -2.35. The molecule has 18 heavy (non-hydrogen) atoms. The highest BCUT2D eigenvalue weighted by molar-refractivity contribution is 5.72. The van der Waals surface area contributed by atoms with E-state index in [1.807, 2.05) is 6.07 Å². The summed E-state index contributed by atoms with van der Waals surface area (Å²) in [5.41, 5.74) is 9.82. The van der Waals surface area contributed by atoms with Gasteiger partial charge in [0.1, 0.15) is 0 Å². The molecule has 1 aliphatic heterocycles. The van der Waals surface area contributed by atoms with Crippen LogP contribution in [0.25, 0.3) is 0 Å². The van der Waals surface area contributed by atoms with Crippen molar-refractivity contribution < 1.29 is 0 Å². The van der Waals surface area contributed by atoms with Crippen LogP contribution in [0.15, 0.2) is 18.2 Å². The SMILES string of the molecule is Cc1cccc(N)c1N1CCCC1C1CCCC1. The molecule has 2 nitrogen and oxygen atoms in total. The molecule has 2 fully saturated rings. The van der Waals surface area contributed by atoms with Crippen LogP contribution in [0.4, 0.5) is 11.4 Å². The molecule has 1 aromatic carbocycles. The van der Waals surface area contributed by atoms with Gasteiger partial charge in [0, 0.05) is 12.6 Å². The highest BCUT2D eigenvalue weighted by Crippen LogP contribution is 2.40. The zero-order valence-electron chi connectivity index (χ0n) is 11.4. The lowest BCUT2D eigenvalue weighted by molar-refractivity contribution is 0.431. The summed E-state index contributed by atoms with van der Waals surface area (Å²) >= 11 is 0. The van der Waals surface area contributed by atoms with Gasteiger partial charge in [-0.25, -0.2) is 0 Å². The van der Waals surface area contributed by atoms with Crippen LogP contribution in [0.3, 0.4) is 0 Å². The van der Waals surface area contributed by atoms with E-state index in [0.717, 1.165) is 17.6 Å². The first-order valence-corrected chi connectivity index (χ1v) is 7.39. The Labute approximate surface area is 110 Å². The molecule has 2 N–H and O–H groups in total. The second-order valence-electron chi connectivity index (χ2n) is 5.96.